The minimum Gasteiger partial charge on any atom is -0.361 e. The molecule has 0 N–H and O–H groups in total. The first-order chi connectivity index (χ1) is 8.43. The predicted molar refractivity (Wildman–Crippen MR) is 72.5 cm³/mol. The van der Waals surface area contributed by atoms with Crippen LogP contribution >= 0.6 is 0 Å². The van der Waals surface area contributed by atoms with Gasteiger partial charge in [-0.25, -0.2) is 0 Å². The first-order valence-electron chi connectivity index (χ1n) is 6.71. The van der Waals surface area contributed by atoms with Crippen molar-refractivity contribution in [3.8, 4) is 0 Å². The van der Waals surface area contributed by atoms with Crippen molar-refractivity contribution in [1.29, 1.82) is 0 Å². The second kappa shape index (κ2) is 3.49. The maximum absolute atomic E-state index is 2.62. The van der Waals surface area contributed by atoms with Gasteiger partial charge in [0.05, 0.1) is 0 Å². The number of anilines is 1. The summed E-state index contributed by atoms with van der Waals surface area (Å²) in [6, 6.07) is 17.2. The molecule has 0 aromatic heterocycles. The smallest absolute Gasteiger partial charge is 0.0497 e. The molecule has 0 bridgehead atoms. The molecule has 0 radical (unpaired) electrons. The Morgan fingerprint density at radius 2 is 1.53 bits per heavy atom. The third-order valence-corrected chi connectivity index (χ3v) is 4.35. The highest BCUT2D eigenvalue weighted by Crippen LogP contribution is 2.44. The highest BCUT2D eigenvalue weighted by Gasteiger charge is 2.48. The van der Waals surface area contributed by atoms with E-state index in [1.54, 1.807) is 0 Å². The fraction of sp³-hybridized carbons (Fsp3) is 0.375. The van der Waals surface area contributed by atoms with Gasteiger partial charge in [-0.05, 0) is 35.7 Å². The van der Waals surface area contributed by atoms with Crippen LogP contribution in [0.4, 0.5) is 5.69 Å². The van der Waals surface area contributed by atoms with Gasteiger partial charge in [-0.3, -0.25) is 0 Å². The molecule has 1 aliphatic heterocycles. The fourth-order valence-electron chi connectivity index (χ4n) is 3.43. The van der Waals surface area contributed by atoms with Crippen LogP contribution in [0.5, 0.6) is 0 Å². The Bertz CT molecular complexity index is 548. The largest absolute Gasteiger partial charge is 0.361 e. The number of benzene rings is 2. The molecule has 2 aliphatic rings. The van der Waals surface area contributed by atoms with Crippen molar-refractivity contribution in [2.45, 2.75) is 37.8 Å². The molecule has 17 heavy (non-hydrogen) atoms. The van der Waals surface area contributed by atoms with E-state index in [2.05, 4.69) is 47.4 Å². The van der Waals surface area contributed by atoms with E-state index in [0.717, 1.165) is 12.1 Å². The van der Waals surface area contributed by atoms with Crippen LogP contribution in [0, 0.1) is 0 Å². The van der Waals surface area contributed by atoms with Gasteiger partial charge in [-0.15, -0.1) is 0 Å². The highest BCUT2D eigenvalue weighted by molar-refractivity contribution is 5.86. The van der Waals surface area contributed by atoms with E-state index in [1.165, 1.54) is 42.1 Å². The van der Waals surface area contributed by atoms with Gasteiger partial charge in [0.1, 0.15) is 0 Å². The molecule has 0 amide bonds. The first-order valence-corrected chi connectivity index (χ1v) is 6.71. The summed E-state index contributed by atoms with van der Waals surface area (Å²) in [6.45, 7) is 0. The molecule has 2 atom stereocenters. The number of hydrogen-bond acceptors (Lipinski definition) is 1. The molecule has 2 fully saturated rings. The van der Waals surface area contributed by atoms with Gasteiger partial charge < -0.3 is 4.90 Å². The quantitative estimate of drug-likeness (QED) is 0.661. The van der Waals surface area contributed by atoms with Crippen LogP contribution in [0.3, 0.4) is 0 Å². The van der Waals surface area contributed by atoms with E-state index >= 15 is 0 Å². The van der Waals surface area contributed by atoms with E-state index in [1.807, 2.05) is 0 Å². The second-order valence-corrected chi connectivity index (χ2v) is 5.36. The van der Waals surface area contributed by atoms with Crippen molar-refractivity contribution in [3.05, 3.63) is 42.5 Å². The zero-order valence-electron chi connectivity index (χ0n) is 9.97. The molecule has 2 aromatic rings. The SMILES string of the molecule is c1ccc2cc(N3[C@@H]4CCCC[C@@H]43)ccc2c1. The van der Waals surface area contributed by atoms with E-state index in [4.69, 9.17) is 0 Å². The van der Waals surface area contributed by atoms with Crippen LogP contribution in [0.15, 0.2) is 42.5 Å². The predicted octanol–water partition coefficient (Wildman–Crippen LogP) is 3.97. The molecule has 0 unspecified atom stereocenters. The molecule has 1 saturated heterocycles. The van der Waals surface area contributed by atoms with Gasteiger partial charge in [0.25, 0.3) is 0 Å². The number of fused-ring (bicyclic) bond motifs is 2. The molecule has 86 valence electrons. The summed E-state index contributed by atoms with van der Waals surface area (Å²) in [4.78, 5) is 2.62. The molecule has 4 rings (SSSR count). The molecule has 1 saturated carbocycles. The Kier molecular flexibility index (Phi) is 1.96. The summed E-state index contributed by atoms with van der Waals surface area (Å²) in [5.41, 5.74) is 1.43. The molecule has 1 heteroatoms. The molecule has 1 nitrogen and oxygen atoms in total. The van der Waals surface area contributed by atoms with Crippen LogP contribution in [-0.2, 0) is 0 Å². The molecule has 0 spiro atoms. The molecule has 2 aromatic carbocycles. The zero-order valence-corrected chi connectivity index (χ0v) is 9.97. The van der Waals surface area contributed by atoms with Crippen LogP contribution in [0.25, 0.3) is 10.8 Å². The average molecular weight is 223 g/mol. The van der Waals surface area contributed by atoms with Gasteiger partial charge in [-0.2, -0.15) is 0 Å². The zero-order chi connectivity index (χ0) is 11.2. The Hall–Kier alpha value is -1.50. The van der Waals surface area contributed by atoms with Gasteiger partial charge in [-0.1, -0.05) is 43.2 Å². The Labute approximate surface area is 102 Å². The molecule has 1 aliphatic carbocycles. The number of nitrogens with zero attached hydrogens (tertiary/aromatic N) is 1. The third kappa shape index (κ3) is 1.45. The summed E-state index contributed by atoms with van der Waals surface area (Å²) in [5, 5.41) is 2.72. The lowest BCUT2D eigenvalue weighted by Crippen LogP contribution is -2.00. The number of rotatable bonds is 1. The summed E-state index contributed by atoms with van der Waals surface area (Å²) >= 11 is 0. The Balaban J connectivity index is 1.72. The van der Waals surface area contributed by atoms with Crippen molar-refractivity contribution in [3.63, 3.8) is 0 Å². The molecular weight excluding hydrogens is 206 g/mol. The third-order valence-electron chi connectivity index (χ3n) is 4.35. The summed E-state index contributed by atoms with van der Waals surface area (Å²) < 4.78 is 0. The van der Waals surface area contributed by atoms with E-state index in [-0.39, 0.29) is 0 Å². The van der Waals surface area contributed by atoms with Gasteiger partial charge >= 0.3 is 0 Å². The maximum Gasteiger partial charge on any atom is 0.0497 e. The second-order valence-electron chi connectivity index (χ2n) is 5.36. The average Bonchev–Trinajstić information content (AvgIpc) is 3.12. The Morgan fingerprint density at radius 1 is 0.824 bits per heavy atom. The van der Waals surface area contributed by atoms with Crippen molar-refractivity contribution in [2.24, 2.45) is 0 Å². The fourth-order valence-corrected chi connectivity index (χ4v) is 3.43. The lowest BCUT2D eigenvalue weighted by atomic mass is 10.0. The summed E-state index contributed by atoms with van der Waals surface area (Å²) in [5.74, 6) is 0. The van der Waals surface area contributed by atoms with Crippen LogP contribution < -0.4 is 4.90 Å². The van der Waals surface area contributed by atoms with Gasteiger partial charge in [0, 0.05) is 17.8 Å². The summed E-state index contributed by atoms with van der Waals surface area (Å²) in [7, 11) is 0. The lowest BCUT2D eigenvalue weighted by molar-refractivity contribution is 0.571. The van der Waals surface area contributed by atoms with Crippen LogP contribution in [0.1, 0.15) is 25.7 Å². The monoisotopic (exact) mass is 223 g/mol. The van der Waals surface area contributed by atoms with Crippen LogP contribution in [-0.4, -0.2) is 12.1 Å². The van der Waals surface area contributed by atoms with Gasteiger partial charge in [0.15, 0.2) is 0 Å². The highest BCUT2D eigenvalue weighted by atomic mass is 15.4. The van der Waals surface area contributed by atoms with E-state index in [9.17, 15) is 0 Å². The van der Waals surface area contributed by atoms with Crippen LogP contribution in [0.2, 0.25) is 0 Å². The van der Waals surface area contributed by atoms with Crippen molar-refractivity contribution in [2.75, 3.05) is 4.90 Å². The maximum atomic E-state index is 2.62. The Morgan fingerprint density at radius 3 is 2.29 bits per heavy atom. The minimum atomic E-state index is 0.852. The first kappa shape index (κ1) is 9.52. The number of hydrogen-bond donors (Lipinski definition) is 0. The topological polar surface area (TPSA) is 3.01 Å². The molecule has 1 heterocycles. The normalized spacial score (nSPS) is 26.9. The van der Waals surface area contributed by atoms with Gasteiger partial charge in [0.2, 0.25) is 0 Å². The minimum absolute atomic E-state index is 0.852. The molecular formula is C16H17N. The van der Waals surface area contributed by atoms with Crippen molar-refractivity contribution in [1.82, 2.24) is 0 Å². The standard InChI is InChI=1S/C16H17N/c1-2-6-13-11-14(10-9-12(13)5-1)17-15-7-3-4-8-16(15)17/h1-2,5-6,9-11,15-16H,3-4,7-8H2/t15-,16+,17?. The van der Waals surface area contributed by atoms with Crippen molar-refractivity contribution >= 4 is 16.5 Å². The lowest BCUT2D eigenvalue weighted by Gasteiger charge is -2.07. The van der Waals surface area contributed by atoms with E-state index in [0.29, 0.717) is 0 Å². The summed E-state index contributed by atoms with van der Waals surface area (Å²) in [6.07, 6.45) is 5.64. The van der Waals surface area contributed by atoms with Crippen molar-refractivity contribution < 1.29 is 0 Å². The van der Waals surface area contributed by atoms with E-state index < -0.39 is 0 Å².